The molecule has 0 bridgehead atoms. The van der Waals surface area contributed by atoms with Crippen molar-refractivity contribution in [1.82, 2.24) is 4.98 Å². The Balaban J connectivity index is 2.24. The van der Waals surface area contributed by atoms with Gasteiger partial charge in [0.2, 0.25) is 0 Å². The van der Waals surface area contributed by atoms with Gasteiger partial charge >= 0.3 is 0 Å². The average molecular weight is 225 g/mol. The van der Waals surface area contributed by atoms with E-state index in [0.29, 0.717) is 0 Å². The summed E-state index contributed by atoms with van der Waals surface area (Å²) in [6.45, 7) is 1.94. The number of hydrogen-bond acceptors (Lipinski definition) is 4. The number of nitrogens with zero attached hydrogens (tertiary/aromatic N) is 1. The molecule has 2 aromatic rings. The van der Waals surface area contributed by atoms with Crippen LogP contribution in [0.2, 0.25) is 0 Å². The minimum absolute atomic E-state index is 0.837. The van der Waals surface area contributed by atoms with Crippen LogP contribution in [-0.2, 0) is 6.42 Å². The van der Waals surface area contributed by atoms with Crippen LogP contribution >= 0.6 is 24.0 Å². The van der Waals surface area contributed by atoms with Crippen molar-refractivity contribution in [3.63, 3.8) is 0 Å². The molecule has 0 unspecified atom stereocenters. The molecule has 0 aromatic carbocycles. The summed E-state index contributed by atoms with van der Waals surface area (Å²) in [7, 11) is 0. The molecule has 4 heteroatoms. The minimum Gasteiger partial charge on any atom is -0.460 e. The molecule has 0 atom stereocenters. The highest BCUT2D eigenvalue weighted by atomic mass is 32.1. The van der Waals surface area contributed by atoms with E-state index in [-0.39, 0.29) is 0 Å². The summed E-state index contributed by atoms with van der Waals surface area (Å²) in [6, 6.07) is 3.90. The molecule has 0 aliphatic heterocycles. The van der Waals surface area contributed by atoms with Gasteiger partial charge in [-0.05, 0) is 24.8 Å². The van der Waals surface area contributed by atoms with E-state index in [9.17, 15) is 0 Å². The second-order valence-corrected chi connectivity index (χ2v) is 4.40. The molecule has 0 N–H and O–H groups in total. The van der Waals surface area contributed by atoms with Crippen LogP contribution in [0.4, 0.5) is 0 Å². The predicted molar refractivity (Wildman–Crippen MR) is 62.1 cm³/mol. The zero-order chi connectivity index (χ0) is 9.97. The fourth-order valence-electron chi connectivity index (χ4n) is 1.21. The maximum atomic E-state index is 5.49. The molecule has 2 nitrogen and oxygen atoms in total. The van der Waals surface area contributed by atoms with Crippen molar-refractivity contribution in [2.75, 3.05) is 5.75 Å². The number of furan rings is 1. The lowest BCUT2D eigenvalue weighted by Crippen LogP contribution is -1.83. The molecule has 0 spiro atoms. The highest BCUT2D eigenvalue weighted by Crippen LogP contribution is 2.23. The van der Waals surface area contributed by atoms with Crippen LogP contribution in [0.1, 0.15) is 10.8 Å². The van der Waals surface area contributed by atoms with Crippen LogP contribution in [0.25, 0.3) is 11.5 Å². The highest BCUT2D eigenvalue weighted by Gasteiger charge is 2.06. The zero-order valence-electron chi connectivity index (χ0n) is 7.86. The van der Waals surface area contributed by atoms with Gasteiger partial charge in [0.15, 0.2) is 5.76 Å². The second-order valence-electron chi connectivity index (χ2n) is 3.01. The molecule has 2 heterocycles. The molecule has 0 saturated carbocycles. The lowest BCUT2D eigenvalue weighted by atomic mass is 10.3. The average Bonchev–Trinajstić information content (AvgIpc) is 2.74. The summed E-state index contributed by atoms with van der Waals surface area (Å²) < 4.78 is 5.49. The van der Waals surface area contributed by atoms with Gasteiger partial charge in [0, 0.05) is 11.8 Å². The molecule has 0 aliphatic rings. The first-order chi connectivity index (χ1) is 6.79. The maximum Gasteiger partial charge on any atom is 0.153 e. The fraction of sp³-hybridized carbons (Fsp3) is 0.300. The molecule has 0 aliphatic carbocycles. The molecule has 2 rings (SSSR count). The van der Waals surface area contributed by atoms with Crippen LogP contribution in [0.5, 0.6) is 0 Å². The monoisotopic (exact) mass is 225 g/mol. The molecule has 2 aromatic heterocycles. The molecule has 74 valence electrons. The van der Waals surface area contributed by atoms with Gasteiger partial charge in [0.25, 0.3) is 0 Å². The van der Waals surface area contributed by atoms with E-state index in [4.69, 9.17) is 4.42 Å². The number of hydrogen-bond donors (Lipinski definition) is 1. The van der Waals surface area contributed by atoms with Crippen molar-refractivity contribution >= 4 is 24.0 Å². The Bertz CT molecular complexity index is 419. The van der Waals surface area contributed by atoms with Crippen LogP contribution in [0.3, 0.4) is 0 Å². The molecular weight excluding hydrogens is 214 g/mol. The first-order valence-corrected chi connectivity index (χ1v) is 5.93. The van der Waals surface area contributed by atoms with E-state index in [0.717, 1.165) is 34.4 Å². The second kappa shape index (κ2) is 4.19. The molecule has 14 heavy (non-hydrogen) atoms. The SMILES string of the molecule is Cc1ccc(-c2csc(CCS)n2)o1. The lowest BCUT2D eigenvalue weighted by Gasteiger charge is -1.89. The summed E-state index contributed by atoms with van der Waals surface area (Å²) >= 11 is 5.83. The van der Waals surface area contributed by atoms with Crippen molar-refractivity contribution < 1.29 is 4.42 Å². The van der Waals surface area contributed by atoms with E-state index >= 15 is 0 Å². The van der Waals surface area contributed by atoms with Crippen molar-refractivity contribution in [2.24, 2.45) is 0 Å². The molecule has 0 saturated heterocycles. The van der Waals surface area contributed by atoms with E-state index in [1.165, 1.54) is 0 Å². The van der Waals surface area contributed by atoms with Gasteiger partial charge in [-0.25, -0.2) is 4.98 Å². The first-order valence-electron chi connectivity index (χ1n) is 4.41. The van der Waals surface area contributed by atoms with Gasteiger partial charge < -0.3 is 4.42 Å². The third kappa shape index (κ3) is 2.01. The number of thiazole rings is 1. The normalized spacial score (nSPS) is 10.7. The minimum atomic E-state index is 0.837. The van der Waals surface area contributed by atoms with E-state index < -0.39 is 0 Å². The van der Waals surface area contributed by atoms with Gasteiger partial charge in [-0.15, -0.1) is 11.3 Å². The summed E-state index contributed by atoms with van der Waals surface area (Å²) in [5.74, 6) is 2.61. The third-order valence-corrected chi connectivity index (χ3v) is 3.00. The van der Waals surface area contributed by atoms with Crippen molar-refractivity contribution in [1.29, 1.82) is 0 Å². The smallest absolute Gasteiger partial charge is 0.153 e. The van der Waals surface area contributed by atoms with E-state index in [1.54, 1.807) is 11.3 Å². The Kier molecular flexibility index (Phi) is 2.93. The number of rotatable bonds is 3. The predicted octanol–water partition coefficient (Wildman–Crippen LogP) is 3.18. The van der Waals surface area contributed by atoms with Gasteiger partial charge in [0.05, 0.1) is 5.01 Å². The van der Waals surface area contributed by atoms with Gasteiger partial charge in [-0.2, -0.15) is 12.6 Å². The van der Waals surface area contributed by atoms with Gasteiger partial charge in [-0.3, -0.25) is 0 Å². The van der Waals surface area contributed by atoms with Crippen molar-refractivity contribution in [2.45, 2.75) is 13.3 Å². The number of aromatic nitrogens is 1. The Morgan fingerprint density at radius 1 is 1.50 bits per heavy atom. The van der Waals surface area contributed by atoms with Crippen LogP contribution in [0, 0.1) is 6.92 Å². The maximum absolute atomic E-state index is 5.49. The quantitative estimate of drug-likeness (QED) is 0.812. The Morgan fingerprint density at radius 2 is 2.36 bits per heavy atom. The van der Waals surface area contributed by atoms with Crippen molar-refractivity contribution in [3.8, 4) is 11.5 Å². The Labute approximate surface area is 92.4 Å². The van der Waals surface area contributed by atoms with Crippen molar-refractivity contribution in [3.05, 3.63) is 28.3 Å². The topological polar surface area (TPSA) is 26.0 Å². The summed E-state index contributed by atoms with van der Waals surface area (Å²) in [5, 5.41) is 3.14. The lowest BCUT2D eigenvalue weighted by molar-refractivity contribution is 0.546. The van der Waals surface area contributed by atoms with Crippen LogP contribution in [-0.4, -0.2) is 10.7 Å². The Morgan fingerprint density at radius 3 is 3.00 bits per heavy atom. The van der Waals surface area contributed by atoms with Gasteiger partial charge in [0.1, 0.15) is 11.5 Å². The molecule has 0 radical (unpaired) electrons. The first kappa shape index (κ1) is 9.80. The fourth-order valence-corrected chi connectivity index (χ4v) is 2.36. The van der Waals surface area contributed by atoms with Crippen LogP contribution in [0.15, 0.2) is 21.9 Å². The largest absolute Gasteiger partial charge is 0.460 e. The van der Waals surface area contributed by atoms with E-state index in [1.807, 2.05) is 24.4 Å². The van der Waals surface area contributed by atoms with Gasteiger partial charge in [-0.1, -0.05) is 0 Å². The highest BCUT2D eigenvalue weighted by molar-refractivity contribution is 7.80. The molecule has 0 fully saturated rings. The standard InChI is InChI=1S/C10H11NOS2/c1-7-2-3-9(12-7)8-6-14-10(11-8)4-5-13/h2-3,6,13H,4-5H2,1H3. The Hall–Kier alpha value is -0.740. The summed E-state index contributed by atoms with van der Waals surface area (Å²) in [4.78, 5) is 4.46. The summed E-state index contributed by atoms with van der Waals surface area (Å²) in [5.41, 5.74) is 0.930. The number of aryl methyl sites for hydroxylation is 2. The molecular formula is C10H11NOS2. The van der Waals surface area contributed by atoms with E-state index in [2.05, 4.69) is 17.6 Å². The summed E-state index contributed by atoms with van der Waals surface area (Å²) in [6.07, 6.45) is 0.924. The number of thiol groups is 1. The molecule has 0 amide bonds. The van der Waals surface area contributed by atoms with Crippen LogP contribution < -0.4 is 0 Å². The zero-order valence-corrected chi connectivity index (χ0v) is 9.57. The third-order valence-electron chi connectivity index (χ3n) is 1.87.